The van der Waals surface area contributed by atoms with Crippen LogP contribution in [-0.4, -0.2) is 17.3 Å². The van der Waals surface area contributed by atoms with Crippen molar-refractivity contribution in [2.45, 2.75) is 25.1 Å². The summed E-state index contributed by atoms with van der Waals surface area (Å²) >= 11 is 12.1. The summed E-state index contributed by atoms with van der Waals surface area (Å²) in [6.07, 6.45) is 1.89. The van der Waals surface area contributed by atoms with E-state index in [1.165, 1.54) is 0 Å². The fraction of sp³-hybridized carbons (Fsp3) is 0.333. The van der Waals surface area contributed by atoms with Crippen LogP contribution in [0.1, 0.15) is 12.8 Å². The smallest absolute Gasteiger partial charge is 0.130 e. The second-order valence-corrected chi connectivity index (χ2v) is 5.03. The Bertz CT molecular complexity index is 563. The molecule has 2 nitrogen and oxygen atoms in total. The molecule has 1 aromatic carbocycles. The van der Waals surface area contributed by atoms with Crippen LogP contribution in [0.25, 0.3) is 10.9 Å². The number of alkyl halides is 1. The zero-order chi connectivity index (χ0) is 12.0. The van der Waals surface area contributed by atoms with Crippen molar-refractivity contribution in [3.63, 3.8) is 0 Å². The number of aromatic amines is 1. The van der Waals surface area contributed by atoms with Gasteiger partial charge >= 0.3 is 0 Å². The summed E-state index contributed by atoms with van der Waals surface area (Å²) in [4.78, 5) is 3.02. The Morgan fingerprint density at radius 3 is 2.82 bits per heavy atom. The van der Waals surface area contributed by atoms with Crippen molar-refractivity contribution < 1.29 is 9.13 Å². The van der Waals surface area contributed by atoms with Gasteiger partial charge in [0.05, 0.1) is 15.6 Å². The SMILES string of the molecule is F[C@H]1C[C@@H](Oc2cc(Cl)c(Cl)c3[nH]ccc23)C1. The van der Waals surface area contributed by atoms with Crippen LogP contribution >= 0.6 is 23.2 Å². The fourth-order valence-corrected chi connectivity index (χ4v) is 2.41. The Balaban J connectivity index is 1.98. The number of fused-ring (bicyclic) bond motifs is 1. The molecule has 1 aliphatic rings. The van der Waals surface area contributed by atoms with E-state index in [0.29, 0.717) is 28.6 Å². The van der Waals surface area contributed by atoms with E-state index in [0.717, 1.165) is 10.9 Å². The molecule has 1 saturated carbocycles. The molecule has 0 aliphatic heterocycles. The maximum absolute atomic E-state index is 12.7. The van der Waals surface area contributed by atoms with E-state index >= 15 is 0 Å². The number of rotatable bonds is 2. The minimum Gasteiger partial charge on any atom is -0.489 e. The van der Waals surface area contributed by atoms with E-state index in [9.17, 15) is 4.39 Å². The predicted octanol–water partition coefficient (Wildman–Crippen LogP) is 4.35. The summed E-state index contributed by atoms with van der Waals surface area (Å²) in [6.45, 7) is 0. The van der Waals surface area contributed by atoms with E-state index in [1.807, 2.05) is 6.07 Å². The first-order valence-electron chi connectivity index (χ1n) is 5.41. The Morgan fingerprint density at radius 2 is 2.12 bits per heavy atom. The average Bonchev–Trinajstić information content (AvgIpc) is 2.72. The molecule has 2 aromatic rings. The number of nitrogens with one attached hydrogen (secondary N) is 1. The Morgan fingerprint density at radius 1 is 1.35 bits per heavy atom. The molecule has 1 aliphatic carbocycles. The first kappa shape index (κ1) is 11.2. The standard InChI is InChI=1S/C12H10Cl2FNO/c13-9-5-10(17-7-3-6(15)4-7)8-1-2-16-12(8)11(9)14/h1-2,5-7,16H,3-4H2/t6-,7+. The van der Waals surface area contributed by atoms with Gasteiger partial charge in [-0.1, -0.05) is 23.2 Å². The summed E-state index contributed by atoms with van der Waals surface area (Å²) in [7, 11) is 0. The molecule has 1 aromatic heterocycles. The molecule has 90 valence electrons. The van der Waals surface area contributed by atoms with Crippen LogP contribution in [0.5, 0.6) is 5.75 Å². The van der Waals surface area contributed by atoms with Gasteiger partial charge in [0.25, 0.3) is 0 Å². The van der Waals surface area contributed by atoms with Crippen molar-refractivity contribution >= 4 is 34.1 Å². The maximum atomic E-state index is 12.7. The van der Waals surface area contributed by atoms with E-state index in [-0.39, 0.29) is 6.10 Å². The minimum absolute atomic E-state index is 0.0552. The van der Waals surface area contributed by atoms with Gasteiger partial charge in [-0.15, -0.1) is 0 Å². The first-order chi connectivity index (χ1) is 8.15. The molecule has 0 bridgehead atoms. The van der Waals surface area contributed by atoms with Gasteiger partial charge in [-0.3, -0.25) is 0 Å². The topological polar surface area (TPSA) is 25.0 Å². The zero-order valence-electron chi connectivity index (χ0n) is 8.84. The van der Waals surface area contributed by atoms with Crippen molar-refractivity contribution in [2.24, 2.45) is 0 Å². The second kappa shape index (κ2) is 4.07. The molecule has 17 heavy (non-hydrogen) atoms. The van der Waals surface area contributed by atoms with Crippen LogP contribution in [0.3, 0.4) is 0 Å². The van der Waals surface area contributed by atoms with E-state index in [2.05, 4.69) is 4.98 Å². The van der Waals surface area contributed by atoms with Crippen molar-refractivity contribution in [3.8, 4) is 5.75 Å². The monoisotopic (exact) mass is 273 g/mol. The molecule has 0 radical (unpaired) electrons. The quantitative estimate of drug-likeness (QED) is 0.865. The van der Waals surface area contributed by atoms with Crippen LogP contribution in [-0.2, 0) is 0 Å². The number of benzene rings is 1. The Labute approximate surface area is 108 Å². The Kier molecular flexibility index (Phi) is 2.68. The normalized spacial score (nSPS) is 23.7. The van der Waals surface area contributed by atoms with Gasteiger partial charge < -0.3 is 9.72 Å². The molecular weight excluding hydrogens is 264 g/mol. The summed E-state index contributed by atoms with van der Waals surface area (Å²) in [6, 6.07) is 3.56. The molecule has 1 fully saturated rings. The molecule has 0 atom stereocenters. The first-order valence-corrected chi connectivity index (χ1v) is 6.16. The van der Waals surface area contributed by atoms with Crippen molar-refractivity contribution in [3.05, 3.63) is 28.4 Å². The lowest BCUT2D eigenvalue weighted by atomic mass is 9.93. The molecule has 0 unspecified atom stereocenters. The van der Waals surface area contributed by atoms with E-state index in [4.69, 9.17) is 27.9 Å². The van der Waals surface area contributed by atoms with Gasteiger partial charge in [-0.05, 0) is 6.07 Å². The summed E-state index contributed by atoms with van der Waals surface area (Å²) in [5.41, 5.74) is 0.755. The van der Waals surface area contributed by atoms with Gasteiger partial charge in [0.15, 0.2) is 0 Å². The molecule has 5 heteroatoms. The van der Waals surface area contributed by atoms with E-state index < -0.39 is 6.17 Å². The lowest BCUT2D eigenvalue weighted by Gasteiger charge is -2.30. The third kappa shape index (κ3) is 1.87. The third-order valence-corrected chi connectivity index (χ3v) is 3.82. The predicted molar refractivity (Wildman–Crippen MR) is 66.9 cm³/mol. The lowest BCUT2D eigenvalue weighted by molar-refractivity contribution is 0.0421. The Hall–Kier alpha value is -0.930. The number of aromatic nitrogens is 1. The molecular formula is C12H10Cl2FNO. The lowest BCUT2D eigenvalue weighted by Crippen LogP contribution is -2.34. The molecule has 3 rings (SSSR count). The highest BCUT2D eigenvalue weighted by Crippen LogP contribution is 2.39. The largest absolute Gasteiger partial charge is 0.489 e. The molecule has 0 spiro atoms. The fourth-order valence-electron chi connectivity index (χ4n) is 2.01. The number of H-pyrrole nitrogens is 1. The maximum Gasteiger partial charge on any atom is 0.130 e. The summed E-state index contributed by atoms with van der Waals surface area (Å²) < 4.78 is 18.5. The highest BCUT2D eigenvalue weighted by Gasteiger charge is 2.31. The van der Waals surface area contributed by atoms with Gasteiger partial charge in [-0.25, -0.2) is 4.39 Å². The van der Waals surface area contributed by atoms with Crippen molar-refractivity contribution in [2.75, 3.05) is 0 Å². The van der Waals surface area contributed by atoms with Gasteiger partial charge in [0.1, 0.15) is 18.0 Å². The molecule has 1 N–H and O–H groups in total. The van der Waals surface area contributed by atoms with Crippen molar-refractivity contribution in [1.82, 2.24) is 4.98 Å². The molecule has 0 amide bonds. The van der Waals surface area contributed by atoms with Gasteiger partial charge in [-0.2, -0.15) is 0 Å². The van der Waals surface area contributed by atoms with Gasteiger partial charge in [0.2, 0.25) is 0 Å². The average molecular weight is 274 g/mol. The number of hydrogen-bond donors (Lipinski definition) is 1. The summed E-state index contributed by atoms with van der Waals surface area (Å²) in [5.74, 6) is 0.660. The highest BCUT2D eigenvalue weighted by molar-refractivity contribution is 6.45. The molecule has 0 saturated heterocycles. The zero-order valence-corrected chi connectivity index (χ0v) is 10.4. The summed E-state index contributed by atoms with van der Waals surface area (Å²) in [5, 5.41) is 1.80. The van der Waals surface area contributed by atoms with Crippen LogP contribution in [0.2, 0.25) is 10.0 Å². The van der Waals surface area contributed by atoms with Gasteiger partial charge in [0, 0.05) is 30.5 Å². The number of hydrogen-bond acceptors (Lipinski definition) is 1. The number of halogens is 3. The van der Waals surface area contributed by atoms with E-state index in [1.54, 1.807) is 12.3 Å². The highest BCUT2D eigenvalue weighted by atomic mass is 35.5. The van der Waals surface area contributed by atoms with Crippen LogP contribution in [0.4, 0.5) is 4.39 Å². The van der Waals surface area contributed by atoms with Crippen molar-refractivity contribution in [1.29, 1.82) is 0 Å². The van der Waals surface area contributed by atoms with Crippen LogP contribution in [0, 0.1) is 0 Å². The van der Waals surface area contributed by atoms with Crippen LogP contribution in [0.15, 0.2) is 18.3 Å². The number of ether oxygens (including phenoxy) is 1. The minimum atomic E-state index is -0.732. The third-order valence-electron chi connectivity index (χ3n) is 3.03. The second-order valence-electron chi connectivity index (χ2n) is 4.25. The van der Waals surface area contributed by atoms with Crippen LogP contribution < -0.4 is 4.74 Å². The molecule has 1 heterocycles.